The van der Waals surface area contributed by atoms with Gasteiger partial charge < -0.3 is 14.2 Å². The van der Waals surface area contributed by atoms with E-state index in [4.69, 9.17) is 14.2 Å². The summed E-state index contributed by atoms with van der Waals surface area (Å²) in [4.78, 5) is 35.7. The van der Waals surface area contributed by atoms with Crippen molar-refractivity contribution in [1.29, 1.82) is 0 Å². The lowest BCUT2D eigenvalue weighted by atomic mass is 10.1. The highest BCUT2D eigenvalue weighted by Gasteiger charge is 2.33. The van der Waals surface area contributed by atoms with Gasteiger partial charge in [0.05, 0.1) is 4.92 Å². The third-order valence-electron chi connectivity index (χ3n) is 3.56. The zero-order valence-corrected chi connectivity index (χ0v) is 15.0. The van der Waals surface area contributed by atoms with Gasteiger partial charge in [-0.15, -0.1) is 0 Å². The van der Waals surface area contributed by atoms with E-state index in [9.17, 15) is 19.7 Å². The van der Waals surface area contributed by atoms with Crippen molar-refractivity contribution < 1.29 is 28.7 Å². The maximum absolute atomic E-state index is 12.3. The SMILES string of the molecule is CC(C)(C)OC(=O)N1CCCCC1OC(=O)Oc1ccc([N+](=O)[O-])cc1. The molecule has 0 N–H and O–H groups in total. The first-order valence-corrected chi connectivity index (χ1v) is 8.28. The Bertz CT molecular complexity index is 667. The van der Waals surface area contributed by atoms with Crippen molar-refractivity contribution in [2.75, 3.05) is 6.54 Å². The second kappa shape index (κ2) is 8.03. The van der Waals surface area contributed by atoms with Gasteiger partial charge in [0.1, 0.15) is 11.4 Å². The summed E-state index contributed by atoms with van der Waals surface area (Å²) in [6.45, 7) is 5.69. The van der Waals surface area contributed by atoms with Gasteiger partial charge in [-0.2, -0.15) is 0 Å². The van der Waals surface area contributed by atoms with Crippen LogP contribution in [0.2, 0.25) is 0 Å². The summed E-state index contributed by atoms with van der Waals surface area (Å²) in [5.41, 5.74) is -0.771. The van der Waals surface area contributed by atoms with E-state index in [0.29, 0.717) is 13.0 Å². The van der Waals surface area contributed by atoms with Crippen LogP contribution in [0, 0.1) is 10.1 Å². The summed E-state index contributed by atoms with van der Waals surface area (Å²) in [5.74, 6) is 0.111. The van der Waals surface area contributed by atoms with Crippen LogP contribution in [0.5, 0.6) is 5.75 Å². The number of hydrogen-bond donors (Lipinski definition) is 0. The molecule has 1 saturated heterocycles. The monoisotopic (exact) mass is 366 g/mol. The van der Waals surface area contributed by atoms with E-state index in [-0.39, 0.29) is 11.4 Å². The molecule has 1 aliphatic rings. The smallest absolute Gasteiger partial charge is 0.444 e. The van der Waals surface area contributed by atoms with Crippen LogP contribution in [0.25, 0.3) is 0 Å². The number of hydrogen-bond acceptors (Lipinski definition) is 7. The Hall–Kier alpha value is -2.84. The molecule has 1 unspecified atom stereocenters. The molecule has 9 nitrogen and oxygen atoms in total. The third-order valence-corrected chi connectivity index (χ3v) is 3.56. The maximum Gasteiger partial charge on any atom is 0.515 e. The van der Waals surface area contributed by atoms with Crippen molar-refractivity contribution in [3.63, 3.8) is 0 Å². The second-order valence-corrected chi connectivity index (χ2v) is 6.85. The Labute approximate surface area is 151 Å². The molecule has 1 heterocycles. The number of carbonyl (C=O) groups is 2. The number of nitro benzene ring substituents is 1. The quantitative estimate of drug-likeness (QED) is 0.346. The van der Waals surface area contributed by atoms with Gasteiger partial charge in [-0.05, 0) is 45.7 Å². The van der Waals surface area contributed by atoms with Crippen LogP contribution in [-0.4, -0.2) is 40.4 Å². The highest BCUT2D eigenvalue weighted by Crippen LogP contribution is 2.23. The fourth-order valence-corrected chi connectivity index (χ4v) is 2.42. The molecule has 1 amide bonds. The van der Waals surface area contributed by atoms with Gasteiger partial charge in [-0.3, -0.25) is 15.0 Å². The van der Waals surface area contributed by atoms with E-state index in [1.807, 2.05) is 0 Å². The number of benzene rings is 1. The van der Waals surface area contributed by atoms with Gasteiger partial charge in [0.2, 0.25) is 0 Å². The molecule has 1 aliphatic heterocycles. The Kier molecular flexibility index (Phi) is 6.01. The molecule has 142 valence electrons. The molecule has 0 aliphatic carbocycles. The van der Waals surface area contributed by atoms with Crippen LogP contribution >= 0.6 is 0 Å². The molecule has 1 atom stereocenters. The van der Waals surface area contributed by atoms with Crippen LogP contribution in [-0.2, 0) is 9.47 Å². The van der Waals surface area contributed by atoms with Crippen LogP contribution in [0.15, 0.2) is 24.3 Å². The predicted molar refractivity (Wildman–Crippen MR) is 90.8 cm³/mol. The molecule has 0 saturated carbocycles. The number of piperidine rings is 1. The molecule has 0 bridgehead atoms. The first kappa shape index (κ1) is 19.5. The van der Waals surface area contributed by atoms with E-state index in [0.717, 1.165) is 12.8 Å². The van der Waals surface area contributed by atoms with Crippen molar-refractivity contribution >= 4 is 17.9 Å². The van der Waals surface area contributed by atoms with E-state index < -0.39 is 29.0 Å². The highest BCUT2D eigenvalue weighted by molar-refractivity contribution is 5.69. The topological polar surface area (TPSA) is 108 Å². The summed E-state index contributed by atoms with van der Waals surface area (Å²) in [6.07, 6.45) is -0.242. The van der Waals surface area contributed by atoms with Crippen molar-refractivity contribution in [3.05, 3.63) is 34.4 Å². The minimum absolute atomic E-state index is 0.111. The zero-order chi connectivity index (χ0) is 19.3. The van der Waals surface area contributed by atoms with Crippen LogP contribution in [0.4, 0.5) is 15.3 Å². The summed E-state index contributed by atoms with van der Waals surface area (Å²) in [7, 11) is 0. The maximum atomic E-state index is 12.3. The van der Waals surface area contributed by atoms with Crippen molar-refractivity contribution in [2.24, 2.45) is 0 Å². The van der Waals surface area contributed by atoms with E-state index >= 15 is 0 Å². The Morgan fingerprint density at radius 2 is 1.85 bits per heavy atom. The summed E-state index contributed by atoms with van der Waals surface area (Å²) < 4.78 is 15.6. The molecule has 0 spiro atoms. The van der Waals surface area contributed by atoms with E-state index in [1.165, 1.54) is 29.2 Å². The number of nitrogens with zero attached hydrogens (tertiary/aromatic N) is 2. The van der Waals surface area contributed by atoms with Gasteiger partial charge in [-0.25, -0.2) is 9.59 Å². The second-order valence-electron chi connectivity index (χ2n) is 6.85. The number of ether oxygens (including phenoxy) is 3. The number of carbonyl (C=O) groups excluding carboxylic acids is 2. The van der Waals surface area contributed by atoms with Crippen LogP contribution in [0.1, 0.15) is 40.0 Å². The normalized spacial score (nSPS) is 17.3. The predicted octanol–water partition coefficient (Wildman–Crippen LogP) is 3.86. The molecule has 1 aromatic carbocycles. The lowest BCUT2D eigenvalue weighted by Crippen LogP contribution is -2.48. The first-order chi connectivity index (χ1) is 12.2. The largest absolute Gasteiger partial charge is 0.515 e. The van der Waals surface area contributed by atoms with Gasteiger partial charge >= 0.3 is 12.2 Å². The molecule has 1 fully saturated rings. The highest BCUT2D eigenvalue weighted by atomic mass is 16.7. The lowest BCUT2D eigenvalue weighted by Gasteiger charge is -2.35. The summed E-state index contributed by atoms with van der Waals surface area (Å²) in [5, 5.41) is 10.6. The van der Waals surface area contributed by atoms with Crippen LogP contribution < -0.4 is 4.74 Å². The van der Waals surface area contributed by atoms with Crippen molar-refractivity contribution in [3.8, 4) is 5.75 Å². The third kappa shape index (κ3) is 5.61. The fraction of sp³-hybridized carbons (Fsp3) is 0.529. The first-order valence-electron chi connectivity index (χ1n) is 8.28. The van der Waals surface area contributed by atoms with Gasteiger partial charge in [-0.1, -0.05) is 0 Å². The minimum Gasteiger partial charge on any atom is -0.444 e. The average molecular weight is 366 g/mol. The van der Waals surface area contributed by atoms with Gasteiger partial charge in [0.15, 0.2) is 6.23 Å². The molecule has 0 radical (unpaired) electrons. The molecular weight excluding hydrogens is 344 g/mol. The number of non-ortho nitro benzene ring substituents is 1. The fourth-order valence-electron chi connectivity index (χ4n) is 2.42. The molecule has 2 rings (SSSR count). The number of amides is 1. The van der Waals surface area contributed by atoms with Gasteiger partial charge in [0.25, 0.3) is 5.69 Å². The Morgan fingerprint density at radius 1 is 1.19 bits per heavy atom. The number of nitro groups is 1. The Balaban J connectivity index is 1.96. The molecule has 9 heteroatoms. The lowest BCUT2D eigenvalue weighted by molar-refractivity contribution is -0.384. The van der Waals surface area contributed by atoms with E-state index in [2.05, 4.69) is 0 Å². The van der Waals surface area contributed by atoms with Crippen molar-refractivity contribution in [2.45, 2.75) is 51.9 Å². The molecule has 1 aromatic rings. The zero-order valence-electron chi connectivity index (χ0n) is 15.0. The Morgan fingerprint density at radius 3 is 2.42 bits per heavy atom. The van der Waals surface area contributed by atoms with Crippen LogP contribution in [0.3, 0.4) is 0 Å². The van der Waals surface area contributed by atoms with E-state index in [1.54, 1.807) is 20.8 Å². The standard InChI is InChI=1S/C17H22N2O7/c1-17(2,3)26-15(20)18-11-5-4-6-14(18)25-16(21)24-13-9-7-12(8-10-13)19(22)23/h7-10,14H,4-6,11H2,1-3H3. The molecule has 26 heavy (non-hydrogen) atoms. The van der Waals surface area contributed by atoms with Gasteiger partial charge in [0, 0.05) is 25.1 Å². The number of rotatable bonds is 3. The minimum atomic E-state index is -0.987. The van der Waals surface area contributed by atoms with Crippen molar-refractivity contribution in [1.82, 2.24) is 4.90 Å². The average Bonchev–Trinajstić information content (AvgIpc) is 2.54. The summed E-state index contributed by atoms with van der Waals surface area (Å²) in [6, 6.07) is 5.03. The molecule has 0 aromatic heterocycles. The summed E-state index contributed by atoms with van der Waals surface area (Å²) >= 11 is 0. The molecular formula is C17H22N2O7. The number of likely N-dealkylation sites (tertiary alicyclic amines) is 1.